The molecule has 0 unspecified atom stereocenters. The van der Waals surface area contributed by atoms with E-state index < -0.39 is 0 Å². The molecule has 45 valence electrons. The molecule has 0 atom stereocenters. The molecule has 0 bridgehead atoms. The van der Waals surface area contributed by atoms with E-state index in [1.807, 2.05) is 0 Å². The molecule has 0 spiro atoms. The van der Waals surface area contributed by atoms with Crippen molar-refractivity contribution in [2.45, 2.75) is 6.42 Å². The first-order valence-electron chi connectivity index (χ1n) is 2.26. The van der Waals surface area contributed by atoms with Crippen molar-refractivity contribution in [2.24, 2.45) is 0 Å². The minimum Gasteiger partial charge on any atom is -0.336 e. The Morgan fingerprint density at radius 2 is 2.25 bits per heavy atom. The maximum absolute atomic E-state index is 10.3. The molecular weight excluding hydrogens is 179 g/mol. The molecular formula is C5H10NOY-. The van der Waals surface area contributed by atoms with Crippen molar-refractivity contribution < 1.29 is 37.5 Å². The van der Waals surface area contributed by atoms with E-state index in [0.717, 1.165) is 0 Å². The van der Waals surface area contributed by atoms with Gasteiger partial charge >= 0.3 is 0 Å². The maximum Gasteiger partial charge on any atom is 0.117 e. The van der Waals surface area contributed by atoms with Crippen molar-refractivity contribution in [3.8, 4) is 0 Å². The van der Waals surface area contributed by atoms with E-state index >= 15 is 0 Å². The molecule has 8 heavy (non-hydrogen) atoms. The number of carbonyl (C=O) groups excluding carboxylic acids is 1. The largest absolute Gasteiger partial charge is 0.336 e. The van der Waals surface area contributed by atoms with Gasteiger partial charge in [0.2, 0.25) is 0 Å². The average Bonchev–Trinajstić information content (AvgIpc) is 1.68. The summed E-state index contributed by atoms with van der Waals surface area (Å²) < 4.78 is 0. The number of hydrogen-bond donors (Lipinski definition) is 1. The molecule has 0 aliphatic heterocycles. The molecule has 0 saturated heterocycles. The average molecular weight is 189 g/mol. The Labute approximate surface area is 75.3 Å². The monoisotopic (exact) mass is 189 g/mol. The predicted molar refractivity (Wildman–Crippen MR) is 28.9 cm³/mol. The van der Waals surface area contributed by atoms with Gasteiger partial charge in [-0.3, -0.25) is 0 Å². The van der Waals surface area contributed by atoms with E-state index in [4.69, 9.17) is 0 Å². The number of nitrogens with one attached hydrogen (secondary N) is 1. The Hall–Kier alpha value is 0.734. The van der Waals surface area contributed by atoms with Crippen LogP contribution in [0, 0.1) is 6.92 Å². The van der Waals surface area contributed by atoms with Crippen molar-refractivity contribution in [1.29, 1.82) is 0 Å². The fraction of sp³-hybridized carbons (Fsp3) is 0.600. The first-order chi connectivity index (χ1) is 3.31. The van der Waals surface area contributed by atoms with Gasteiger partial charge in [-0.1, -0.05) is 0 Å². The SMILES string of the molecule is [CH2-]CC(=O)CNC.[Y]. The van der Waals surface area contributed by atoms with Crippen LogP contribution in [0.25, 0.3) is 0 Å². The standard InChI is InChI=1S/C5H10NO.Y/c1-3-5(7)4-6-2;/h6H,1,3-4H2,2H3;/q-1;. The van der Waals surface area contributed by atoms with Gasteiger partial charge in [0.25, 0.3) is 0 Å². The molecule has 0 aromatic rings. The number of Topliss-reactive ketones (excluding diaryl/α,β-unsaturated/α-hetero) is 1. The third-order valence-electron chi connectivity index (χ3n) is 0.653. The van der Waals surface area contributed by atoms with Crippen LogP contribution in [0.3, 0.4) is 0 Å². The van der Waals surface area contributed by atoms with E-state index in [2.05, 4.69) is 12.2 Å². The Morgan fingerprint density at radius 1 is 1.75 bits per heavy atom. The summed E-state index contributed by atoms with van der Waals surface area (Å²) in [5.41, 5.74) is 0. The van der Waals surface area contributed by atoms with Gasteiger partial charge in [0.05, 0.1) is 6.54 Å². The van der Waals surface area contributed by atoms with Crippen LogP contribution in [-0.4, -0.2) is 19.4 Å². The van der Waals surface area contributed by atoms with Gasteiger partial charge in [0, 0.05) is 32.7 Å². The van der Waals surface area contributed by atoms with Crippen molar-refractivity contribution >= 4 is 5.78 Å². The zero-order valence-corrected chi connectivity index (χ0v) is 7.95. The number of carbonyl (C=O) groups is 1. The Morgan fingerprint density at radius 3 is 2.38 bits per heavy atom. The molecule has 0 rings (SSSR count). The van der Waals surface area contributed by atoms with E-state index in [-0.39, 0.29) is 38.5 Å². The van der Waals surface area contributed by atoms with Gasteiger partial charge in [-0.2, -0.15) is 0 Å². The van der Waals surface area contributed by atoms with Gasteiger partial charge in [0.15, 0.2) is 0 Å². The van der Waals surface area contributed by atoms with Crippen LogP contribution in [0.1, 0.15) is 6.42 Å². The fourth-order valence-corrected chi connectivity index (χ4v) is 0.286. The van der Waals surface area contributed by atoms with Crippen molar-refractivity contribution in [1.82, 2.24) is 5.32 Å². The van der Waals surface area contributed by atoms with Crippen LogP contribution in [0.2, 0.25) is 0 Å². The fourth-order valence-electron chi connectivity index (χ4n) is 0.286. The summed E-state index contributed by atoms with van der Waals surface area (Å²) in [5.74, 6) is 0.155. The molecule has 0 fully saturated rings. The van der Waals surface area contributed by atoms with Crippen LogP contribution in [0.15, 0.2) is 0 Å². The van der Waals surface area contributed by atoms with E-state index in [0.29, 0.717) is 13.0 Å². The molecule has 3 heteroatoms. The molecule has 0 amide bonds. The summed E-state index contributed by atoms with van der Waals surface area (Å²) in [6.07, 6.45) is 0.390. The summed E-state index contributed by atoms with van der Waals surface area (Å²) in [4.78, 5) is 10.3. The van der Waals surface area contributed by atoms with Crippen molar-refractivity contribution in [2.75, 3.05) is 13.6 Å². The van der Waals surface area contributed by atoms with E-state index in [1.54, 1.807) is 7.05 Å². The normalized spacial score (nSPS) is 7.75. The Bertz CT molecular complexity index is 65.4. The summed E-state index contributed by atoms with van der Waals surface area (Å²) in [7, 11) is 1.74. The Balaban J connectivity index is 0. The molecule has 0 aromatic heterocycles. The summed E-state index contributed by atoms with van der Waals surface area (Å²) in [5, 5.41) is 2.73. The van der Waals surface area contributed by atoms with Crippen LogP contribution in [-0.2, 0) is 37.5 Å². The second-order valence-corrected chi connectivity index (χ2v) is 1.32. The third-order valence-corrected chi connectivity index (χ3v) is 0.653. The molecule has 0 aliphatic carbocycles. The zero-order chi connectivity index (χ0) is 5.70. The zero-order valence-electron chi connectivity index (χ0n) is 5.11. The molecule has 1 radical (unpaired) electrons. The third kappa shape index (κ3) is 6.73. The number of ketones is 1. The maximum atomic E-state index is 10.3. The van der Waals surface area contributed by atoms with Gasteiger partial charge in [-0.25, -0.2) is 0 Å². The molecule has 0 heterocycles. The molecule has 0 aromatic carbocycles. The van der Waals surface area contributed by atoms with Crippen LogP contribution in [0.4, 0.5) is 0 Å². The number of likely N-dealkylation sites (N-methyl/N-ethyl adjacent to an activating group) is 1. The molecule has 1 N–H and O–H groups in total. The number of rotatable bonds is 3. The van der Waals surface area contributed by atoms with Crippen LogP contribution >= 0.6 is 0 Å². The van der Waals surface area contributed by atoms with E-state index in [1.165, 1.54) is 0 Å². The molecule has 2 nitrogen and oxygen atoms in total. The first-order valence-corrected chi connectivity index (χ1v) is 2.26. The van der Waals surface area contributed by atoms with Crippen molar-refractivity contribution in [3.63, 3.8) is 0 Å². The van der Waals surface area contributed by atoms with Gasteiger partial charge in [-0.05, 0) is 7.05 Å². The van der Waals surface area contributed by atoms with Gasteiger partial charge in [-0.15, -0.1) is 6.42 Å². The Kier molecular flexibility index (Phi) is 11.1. The first kappa shape index (κ1) is 11.5. The summed E-state index contributed by atoms with van der Waals surface area (Å²) >= 11 is 0. The van der Waals surface area contributed by atoms with Gasteiger partial charge in [0.1, 0.15) is 5.78 Å². The van der Waals surface area contributed by atoms with E-state index in [9.17, 15) is 4.79 Å². The predicted octanol–water partition coefficient (Wildman–Crippen LogP) is -0.00341. The van der Waals surface area contributed by atoms with Crippen molar-refractivity contribution in [3.05, 3.63) is 6.92 Å². The second-order valence-electron chi connectivity index (χ2n) is 1.32. The number of hydrogen-bond acceptors (Lipinski definition) is 2. The topological polar surface area (TPSA) is 29.1 Å². The summed E-state index contributed by atoms with van der Waals surface area (Å²) in [6, 6.07) is 0. The van der Waals surface area contributed by atoms with Crippen LogP contribution < -0.4 is 5.32 Å². The minimum atomic E-state index is 0. The summed E-state index contributed by atoms with van der Waals surface area (Å²) in [6.45, 7) is 3.86. The molecule has 0 aliphatic rings. The second kappa shape index (κ2) is 7.73. The molecule has 0 saturated carbocycles. The smallest absolute Gasteiger partial charge is 0.117 e. The quantitative estimate of drug-likeness (QED) is 0.633. The minimum absolute atomic E-state index is 0. The van der Waals surface area contributed by atoms with Gasteiger partial charge < -0.3 is 17.0 Å². The van der Waals surface area contributed by atoms with Crippen LogP contribution in [0.5, 0.6) is 0 Å².